The lowest BCUT2D eigenvalue weighted by Gasteiger charge is -2.01. The van der Waals surface area contributed by atoms with Gasteiger partial charge in [-0.25, -0.2) is 4.98 Å². The van der Waals surface area contributed by atoms with Crippen molar-refractivity contribution in [3.05, 3.63) is 35.3 Å². The largest absolute Gasteiger partial charge is 0.396 e. The van der Waals surface area contributed by atoms with Gasteiger partial charge in [0.1, 0.15) is 11.1 Å². The quantitative estimate of drug-likeness (QED) is 0.866. The van der Waals surface area contributed by atoms with E-state index in [1.807, 2.05) is 23.6 Å². The maximum absolute atomic E-state index is 8.66. The van der Waals surface area contributed by atoms with E-state index < -0.39 is 0 Å². The molecule has 0 amide bonds. The first-order valence-corrected chi connectivity index (χ1v) is 5.86. The molecule has 2 aromatic rings. The molecule has 2 N–H and O–H groups in total. The highest BCUT2D eigenvalue weighted by Crippen LogP contribution is 2.33. The topological polar surface area (TPSA) is 62.7 Å². The van der Waals surface area contributed by atoms with E-state index in [0.29, 0.717) is 11.3 Å². The number of nitrogens with zero attached hydrogens (tertiary/aromatic N) is 2. The van der Waals surface area contributed by atoms with Crippen LogP contribution < -0.4 is 5.73 Å². The molecule has 0 unspecified atom stereocenters. The van der Waals surface area contributed by atoms with E-state index in [4.69, 9.17) is 11.0 Å². The van der Waals surface area contributed by atoms with Crippen molar-refractivity contribution in [3.8, 4) is 6.07 Å². The Morgan fingerprint density at radius 2 is 2.40 bits per heavy atom. The molecule has 3 nitrogen and oxygen atoms in total. The highest BCUT2D eigenvalue weighted by molar-refractivity contribution is 8.01. The first kappa shape index (κ1) is 10.0. The van der Waals surface area contributed by atoms with Crippen molar-refractivity contribution in [3.63, 3.8) is 0 Å². The fourth-order valence-electron chi connectivity index (χ4n) is 1.03. The number of aromatic nitrogens is 1. The van der Waals surface area contributed by atoms with Crippen molar-refractivity contribution < 1.29 is 0 Å². The van der Waals surface area contributed by atoms with E-state index in [1.54, 1.807) is 17.4 Å². The van der Waals surface area contributed by atoms with E-state index in [9.17, 15) is 0 Å². The monoisotopic (exact) mass is 233 g/mol. The summed E-state index contributed by atoms with van der Waals surface area (Å²) in [6.07, 6.45) is 1.53. The SMILES string of the molecule is N#Cc1cnc(Sc2cccs2)c(N)c1. The van der Waals surface area contributed by atoms with Gasteiger partial charge in [-0.2, -0.15) is 5.26 Å². The average molecular weight is 233 g/mol. The minimum Gasteiger partial charge on any atom is -0.396 e. The first-order valence-electron chi connectivity index (χ1n) is 4.16. The molecule has 2 aromatic heterocycles. The van der Waals surface area contributed by atoms with Gasteiger partial charge in [-0.15, -0.1) is 11.3 Å². The number of rotatable bonds is 2. The Bertz CT molecular complexity index is 500. The number of nitrogen functional groups attached to an aromatic ring is 1. The van der Waals surface area contributed by atoms with Crippen LogP contribution in [0.5, 0.6) is 0 Å². The third-order valence-electron chi connectivity index (χ3n) is 1.70. The number of hydrogen-bond donors (Lipinski definition) is 1. The van der Waals surface area contributed by atoms with Crippen LogP contribution in [-0.2, 0) is 0 Å². The van der Waals surface area contributed by atoms with Gasteiger partial charge < -0.3 is 5.73 Å². The Kier molecular flexibility index (Phi) is 2.90. The molecule has 15 heavy (non-hydrogen) atoms. The van der Waals surface area contributed by atoms with E-state index >= 15 is 0 Å². The number of hydrogen-bond acceptors (Lipinski definition) is 5. The van der Waals surface area contributed by atoms with Gasteiger partial charge in [0.05, 0.1) is 15.5 Å². The summed E-state index contributed by atoms with van der Waals surface area (Å²) in [7, 11) is 0. The summed E-state index contributed by atoms with van der Waals surface area (Å²) in [4.78, 5) is 4.15. The summed E-state index contributed by atoms with van der Waals surface area (Å²) in [5, 5.41) is 11.4. The number of nitriles is 1. The summed E-state index contributed by atoms with van der Waals surface area (Å²) in [5.41, 5.74) is 6.82. The van der Waals surface area contributed by atoms with Gasteiger partial charge in [-0.1, -0.05) is 17.8 Å². The number of thiophene rings is 1. The standard InChI is InChI=1S/C10H7N3S2/c11-5-7-4-8(12)10(13-6-7)15-9-2-1-3-14-9/h1-4,6H,12H2. The second kappa shape index (κ2) is 4.34. The van der Waals surface area contributed by atoms with E-state index in [1.165, 1.54) is 18.0 Å². The third-order valence-corrected chi connectivity index (χ3v) is 3.77. The van der Waals surface area contributed by atoms with Gasteiger partial charge in [0, 0.05) is 6.20 Å². The zero-order valence-electron chi connectivity index (χ0n) is 7.68. The Balaban J connectivity index is 2.27. The number of pyridine rings is 1. The van der Waals surface area contributed by atoms with Gasteiger partial charge in [-0.05, 0) is 17.5 Å². The summed E-state index contributed by atoms with van der Waals surface area (Å²) < 4.78 is 1.14. The second-order valence-corrected chi connectivity index (χ2v) is 5.00. The van der Waals surface area contributed by atoms with Crippen LogP contribution in [0, 0.1) is 11.3 Å². The van der Waals surface area contributed by atoms with Crippen LogP contribution in [0.4, 0.5) is 5.69 Å². The molecule has 0 bridgehead atoms. The van der Waals surface area contributed by atoms with Crippen LogP contribution in [-0.4, -0.2) is 4.98 Å². The van der Waals surface area contributed by atoms with Crippen molar-refractivity contribution in [2.24, 2.45) is 0 Å². The minimum absolute atomic E-state index is 0.489. The van der Waals surface area contributed by atoms with Crippen molar-refractivity contribution in [1.29, 1.82) is 5.26 Å². The molecule has 0 aliphatic heterocycles. The smallest absolute Gasteiger partial charge is 0.125 e. The predicted octanol–water partition coefficient (Wildman–Crippen LogP) is 2.75. The summed E-state index contributed by atoms with van der Waals surface area (Å²) in [6, 6.07) is 7.63. The van der Waals surface area contributed by atoms with Gasteiger partial charge in [-0.3, -0.25) is 0 Å². The van der Waals surface area contributed by atoms with Crippen LogP contribution in [0.2, 0.25) is 0 Å². The number of nitrogens with two attached hydrogens (primary N) is 1. The Hall–Kier alpha value is -1.51. The molecule has 2 rings (SSSR count). The molecule has 74 valence electrons. The molecule has 0 fully saturated rings. The zero-order valence-corrected chi connectivity index (χ0v) is 9.31. The molecule has 0 aromatic carbocycles. The van der Waals surface area contributed by atoms with Crippen molar-refractivity contribution in [2.45, 2.75) is 9.24 Å². The van der Waals surface area contributed by atoms with E-state index in [-0.39, 0.29) is 0 Å². The van der Waals surface area contributed by atoms with E-state index in [2.05, 4.69) is 4.98 Å². The first-order chi connectivity index (χ1) is 7.29. The zero-order chi connectivity index (χ0) is 10.7. The highest BCUT2D eigenvalue weighted by atomic mass is 32.2. The normalized spacial score (nSPS) is 9.80. The minimum atomic E-state index is 0.489. The lowest BCUT2D eigenvalue weighted by Crippen LogP contribution is -1.92. The molecule has 0 saturated carbocycles. The van der Waals surface area contributed by atoms with Gasteiger partial charge in [0.2, 0.25) is 0 Å². The molecule has 0 atom stereocenters. The van der Waals surface area contributed by atoms with Crippen LogP contribution in [0.1, 0.15) is 5.56 Å². The second-order valence-electron chi connectivity index (χ2n) is 2.76. The summed E-state index contributed by atoms with van der Waals surface area (Å²) >= 11 is 3.15. The van der Waals surface area contributed by atoms with Crippen molar-refractivity contribution >= 4 is 28.8 Å². The van der Waals surface area contributed by atoms with Gasteiger partial charge in [0.25, 0.3) is 0 Å². The molecule has 0 radical (unpaired) electrons. The summed E-state index contributed by atoms with van der Waals surface area (Å²) in [5.74, 6) is 0. The van der Waals surface area contributed by atoms with Gasteiger partial charge in [0.15, 0.2) is 0 Å². The molecular weight excluding hydrogens is 226 g/mol. The molecular formula is C10H7N3S2. The maximum Gasteiger partial charge on any atom is 0.125 e. The van der Waals surface area contributed by atoms with Crippen LogP contribution in [0.25, 0.3) is 0 Å². The lowest BCUT2D eigenvalue weighted by atomic mass is 10.3. The molecule has 5 heteroatoms. The maximum atomic E-state index is 8.66. The van der Waals surface area contributed by atoms with Crippen LogP contribution >= 0.6 is 23.1 Å². The Morgan fingerprint density at radius 1 is 1.53 bits per heavy atom. The number of anilines is 1. The Labute approximate surface area is 95.6 Å². The molecule has 0 saturated heterocycles. The van der Waals surface area contributed by atoms with E-state index in [0.717, 1.165) is 9.24 Å². The van der Waals surface area contributed by atoms with Crippen molar-refractivity contribution in [2.75, 3.05) is 5.73 Å². The molecule has 0 spiro atoms. The molecule has 0 aliphatic carbocycles. The highest BCUT2D eigenvalue weighted by Gasteiger charge is 2.05. The molecule has 2 heterocycles. The average Bonchev–Trinajstić information content (AvgIpc) is 2.74. The lowest BCUT2D eigenvalue weighted by molar-refractivity contribution is 1.13. The van der Waals surface area contributed by atoms with Crippen molar-refractivity contribution in [1.82, 2.24) is 4.98 Å². The summed E-state index contributed by atoms with van der Waals surface area (Å²) in [6.45, 7) is 0. The van der Waals surface area contributed by atoms with Crippen LogP contribution in [0.15, 0.2) is 39.0 Å². The van der Waals surface area contributed by atoms with Gasteiger partial charge >= 0.3 is 0 Å². The Morgan fingerprint density at radius 3 is 3.00 bits per heavy atom. The molecule has 0 aliphatic rings. The fourth-order valence-corrected chi connectivity index (χ4v) is 2.70. The fraction of sp³-hybridized carbons (Fsp3) is 0. The third kappa shape index (κ3) is 2.29. The predicted molar refractivity (Wildman–Crippen MR) is 61.8 cm³/mol. The van der Waals surface area contributed by atoms with Crippen LogP contribution in [0.3, 0.4) is 0 Å².